The third kappa shape index (κ3) is 13.5. The van der Waals surface area contributed by atoms with E-state index in [9.17, 15) is 110 Å². The van der Waals surface area contributed by atoms with Gasteiger partial charge in [0.15, 0.2) is 24.7 Å². The van der Waals surface area contributed by atoms with Gasteiger partial charge >= 0.3 is 49.4 Å². The maximum absolute atomic E-state index is 14.2. The molecule has 73 heavy (non-hydrogen) atoms. The normalized spacial score (nSPS) is 13.4. The number of alkyl halides is 24. The summed E-state index contributed by atoms with van der Waals surface area (Å²) in [7, 11) is 0. The van der Waals surface area contributed by atoms with E-state index in [2.05, 4.69) is 4.57 Å². The summed E-state index contributed by atoms with van der Waals surface area (Å²) in [6.45, 7) is 2.39. The van der Waals surface area contributed by atoms with Crippen LogP contribution in [0.15, 0.2) is 128 Å². The highest BCUT2D eigenvalue weighted by Gasteiger charge is 2.47. The number of carbonyl (C=O) groups is 1. The minimum atomic E-state index is -6.13. The van der Waals surface area contributed by atoms with Crippen LogP contribution in [0, 0.1) is 0 Å². The largest absolute Gasteiger partial charge is 0.416 e. The lowest BCUT2D eigenvalue weighted by Crippen LogP contribution is -2.75. The van der Waals surface area contributed by atoms with Crippen molar-refractivity contribution < 1.29 is 115 Å². The van der Waals surface area contributed by atoms with E-state index in [1.165, 1.54) is 0 Å². The van der Waals surface area contributed by atoms with Gasteiger partial charge in [-0.3, -0.25) is 4.79 Å². The fourth-order valence-electron chi connectivity index (χ4n) is 7.71. The molecule has 0 atom stereocenters. The molecule has 1 heterocycles. The van der Waals surface area contributed by atoms with Crippen molar-refractivity contribution in [2.75, 3.05) is 0 Å². The van der Waals surface area contributed by atoms with Gasteiger partial charge in [-0.1, -0.05) is 72.8 Å². The number of benzene rings is 5. The van der Waals surface area contributed by atoms with Gasteiger partial charge in [-0.25, -0.2) is 4.57 Å². The highest BCUT2D eigenvalue weighted by Crippen LogP contribution is 2.41. The average molecular weight is 1080 g/mol. The van der Waals surface area contributed by atoms with Crippen LogP contribution in [0.2, 0.25) is 0 Å². The van der Waals surface area contributed by atoms with Gasteiger partial charge in [0.2, 0.25) is 0 Å². The lowest BCUT2D eigenvalue weighted by molar-refractivity contribution is -0.688. The zero-order chi connectivity index (χ0) is 55.3. The summed E-state index contributed by atoms with van der Waals surface area (Å²) >= 11 is 0. The molecule has 0 aliphatic carbocycles. The van der Waals surface area contributed by atoms with Crippen LogP contribution in [-0.4, -0.2) is 11.9 Å². The van der Waals surface area contributed by atoms with Gasteiger partial charge in [0.25, 0.3) is 0 Å². The molecular formula is C46H26BF24NO. The second-order valence-corrected chi connectivity index (χ2v) is 16.0. The van der Waals surface area contributed by atoms with E-state index in [0.29, 0.717) is 0 Å². The summed E-state index contributed by atoms with van der Waals surface area (Å²) in [5.41, 5.74) is -28.3. The van der Waals surface area contributed by atoms with Gasteiger partial charge in [0.1, 0.15) is 6.15 Å². The maximum atomic E-state index is 14.2. The molecule has 5 aromatic carbocycles. The van der Waals surface area contributed by atoms with Crippen molar-refractivity contribution in [3.05, 3.63) is 183 Å². The summed E-state index contributed by atoms with van der Waals surface area (Å²) in [5.74, 6) is 0.111. The van der Waals surface area contributed by atoms with Crippen LogP contribution in [0.5, 0.6) is 0 Å². The first-order chi connectivity index (χ1) is 33.0. The van der Waals surface area contributed by atoms with E-state index in [0.717, 1.165) is 17.7 Å². The number of hydrogen-bond donors (Lipinski definition) is 0. The highest BCUT2D eigenvalue weighted by atomic mass is 19.4. The molecule has 0 aliphatic heterocycles. The summed E-state index contributed by atoms with van der Waals surface area (Å²) in [5, 5.41) is 0. The molecule has 1 aromatic heterocycles. The molecule has 27 heteroatoms. The third-order valence-corrected chi connectivity index (χ3v) is 10.9. The molecule has 0 fully saturated rings. The van der Waals surface area contributed by atoms with Gasteiger partial charge < -0.3 is 0 Å². The highest BCUT2D eigenvalue weighted by molar-refractivity contribution is 7.20. The number of halogens is 24. The van der Waals surface area contributed by atoms with E-state index in [1.54, 1.807) is 6.92 Å². The Morgan fingerprint density at radius 1 is 0.356 bits per heavy atom. The Hall–Kier alpha value is -6.70. The van der Waals surface area contributed by atoms with Crippen molar-refractivity contribution in [3.8, 4) is 0 Å². The number of ketones is 1. The molecule has 0 unspecified atom stereocenters. The first-order valence-electron chi connectivity index (χ1n) is 19.9. The van der Waals surface area contributed by atoms with Crippen molar-refractivity contribution in [1.29, 1.82) is 0 Å². The van der Waals surface area contributed by atoms with Gasteiger partial charge in [-0.2, -0.15) is 127 Å². The van der Waals surface area contributed by atoms with E-state index in [4.69, 9.17) is 0 Å². The van der Waals surface area contributed by atoms with Gasteiger partial charge in [0, 0.05) is 23.3 Å². The van der Waals surface area contributed by atoms with Crippen LogP contribution < -0.4 is 26.4 Å². The average Bonchev–Trinajstić information content (AvgIpc) is 3.24. The Balaban J connectivity index is 0.000000520. The Kier molecular flexibility index (Phi) is 15.4. The van der Waals surface area contributed by atoms with Crippen molar-refractivity contribution in [1.82, 2.24) is 0 Å². The van der Waals surface area contributed by atoms with Crippen molar-refractivity contribution >= 4 is 33.8 Å². The van der Waals surface area contributed by atoms with E-state index >= 15 is 0 Å². The van der Waals surface area contributed by atoms with E-state index in [1.807, 2.05) is 54.9 Å². The first-order valence-corrected chi connectivity index (χ1v) is 19.9. The van der Waals surface area contributed by atoms with Crippen LogP contribution in [0.4, 0.5) is 105 Å². The van der Waals surface area contributed by atoms with Gasteiger partial charge in [0.05, 0.1) is 44.5 Å². The molecule has 2 nitrogen and oxygen atoms in total. The molecule has 0 N–H and O–H groups in total. The molecule has 392 valence electrons. The Morgan fingerprint density at radius 3 is 0.822 bits per heavy atom. The number of pyridine rings is 1. The number of carbonyl (C=O) groups excluding carboxylic acids is 1. The molecular weight excluding hydrogens is 1050 g/mol. The molecule has 0 saturated carbocycles. The number of nitrogens with zero attached hydrogens (tertiary/aromatic N) is 1. The molecule has 0 aliphatic rings. The Morgan fingerprint density at radius 2 is 0.603 bits per heavy atom. The second kappa shape index (κ2) is 19.6. The predicted molar refractivity (Wildman–Crippen MR) is 212 cm³/mol. The number of aromatic nitrogens is 1. The predicted octanol–water partition coefficient (Wildman–Crippen LogP) is 13.4. The molecule has 0 radical (unpaired) electrons. The first kappa shape index (κ1) is 57.2. The monoisotopic (exact) mass is 1080 g/mol. The fourth-order valence-corrected chi connectivity index (χ4v) is 7.71. The minimum Gasteiger partial charge on any atom is -0.295 e. The van der Waals surface area contributed by atoms with Gasteiger partial charge in [-0.15, -0.1) is 0 Å². The van der Waals surface area contributed by atoms with E-state index < -0.39 is 195 Å². The fraction of sp³-hybridized carbons (Fsp3) is 0.217. The summed E-state index contributed by atoms with van der Waals surface area (Å²) in [4.78, 5) is 11.2. The topological polar surface area (TPSA) is 20.9 Å². The van der Waals surface area contributed by atoms with Crippen LogP contribution in [0.25, 0.3) is 0 Å². The van der Waals surface area contributed by atoms with Crippen molar-refractivity contribution in [2.24, 2.45) is 0 Å². The standard InChI is InChI=1S/C32H12BF24.C14H14NO/c34-25(35,36)13-1-14(26(37,38)39)6-21(5-13)33(22-7-15(27(40,41)42)2-16(8-22)28(43,44)45,23-9-17(29(46,47)48)3-18(10-23)30(49,50)51)24-11-19(31(52,53)54)4-20(12-24)32(55,56)57;1-12(16)14-7-5-6-13(10-14)11-15-8-3-2-4-9-15/h1-12H;2-10H,11H2,1H3/q-1;+1. The molecule has 6 aromatic rings. The molecule has 0 spiro atoms. The zero-order valence-corrected chi connectivity index (χ0v) is 35.8. The SMILES string of the molecule is CC(=O)c1cccc(C[n+]2ccccc2)c1.FC(F)(F)c1cc([B-](c2cc(C(F)(F)F)cc(C(F)(F)F)c2)(c2cc(C(F)(F)F)cc(C(F)(F)F)c2)c2cc(C(F)(F)F)cc(C(F)(F)F)c2)cc(C(F)(F)F)c1. The molecule has 6 rings (SSSR count). The number of hydrogen-bond acceptors (Lipinski definition) is 1. The quantitative estimate of drug-likeness (QED) is 0.0675. The number of rotatable bonds is 7. The van der Waals surface area contributed by atoms with Crippen molar-refractivity contribution in [2.45, 2.75) is 62.9 Å². The molecule has 0 amide bonds. The summed E-state index contributed by atoms with van der Waals surface area (Å²) in [6.07, 6.45) is -50.8. The Bertz CT molecular complexity index is 2520. The smallest absolute Gasteiger partial charge is 0.295 e. The Labute approximate surface area is 394 Å². The second-order valence-electron chi connectivity index (χ2n) is 16.0. The summed E-state index contributed by atoms with van der Waals surface area (Å²) < 4.78 is 343. The van der Waals surface area contributed by atoms with E-state index in [-0.39, 0.29) is 5.78 Å². The molecule has 0 saturated heterocycles. The third-order valence-electron chi connectivity index (χ3n) is 10.9. The summed E-state index contributed by atoms with van der Waals surface area (Å²) in [6, 6.07) is 4.92. The van der Waals surface area contributed by atoms with Gasteiger partial charge in [-0.05, 0) is 37.3 Å². The maximum Gasteiger partial charge on any atom is 0.416 e. The van der Waals surface area contributed by atoms with Crippen molar-refractivity contribution in [3.63, 3.8) is 0 Å². The van der Waals surface area contributed by atoms with Crippen LogP contribution in [0.3, 0.4) is 0 Å². The molecule has 0 bridgehead atoms. The van der Waals surface area contributed by atoms with Crippen LogP contribution in [0.1, 0.15) is 67.4 Å². The van der Waals surface area contributed by atoms with Crippen LogP contribution in [-0.2, 0) is 56.0 Å². The van der Waals surface area contributed by atoms with Crippen LogP contribution >= 0.6 is 0 Å². The lowest BCUT2D eigenvalue weighted by atomic mass is 9.12. The number of Topliss-reactive ketones (excluding diaryl/α,β-unsaturated/α-hetero) is 1. The zero-order valence-electron chi connectivity index (χ0n) is 35.8. The lowest BCUT2D eigenvalue weighted by Gasteiger charge is -2.46. The minimum absolute atomic E-state index is 0.111.